The summed E-state index contributed by atoms with van der Waals surface area (Å²) in [4.78, 5) is 14.4. The van der Waals surface area contributed by atoms with Gasteiger partial charge < -0.3 is 74.4 Å². The molecule has 3 heterocycles. The van der Waals surface area contributed by atoms with E-state index in [1.54, 1.807) is 19.9 Å². The van der Waals surface area contributed by atoms with E-state index in [0.717, 1.165) is 24.0 Å². The minimum absolute atomic E-state index is 0.0184. The summed E-state index contributed by atoms with van der Waals surface area (Å²) in [6, 6.07) is 0. The molecule has 364 valence electrons. The highest BCUT2D eigenvalue weighted by Gasteiger charge is 2.60. The fourth-order valence-corrected chi connectivity index (χ4v) is 9.82. The van der Waals surface area contributed by atoms with Gasteiger partial charge in [0.1, 0.15) is 66.3 Å². The van der Waals surface area contributed by atoms with Gasteiger partial charge in [-0.25, -0.2) is 0 Å². The molecule has 0 aromatic rings. The van der Waals surface area contributed by atoms with Crippen LogP contribution in [-0.2, 0) is 33.2 Å². The number of fused-ring (bicyclic) bond motifs is 1. The maximum absolute atomic E-state index is 14.4. The Morgan fingerprint density at radius 2 is 1.22 bits per heavy atom. The van der Waals surface area contributed by atoms with E-state index in [-0.39, 0.29) is 18.1 Å². The molecule has 3 aliphatic heterocycles. The molecule has 9 N–H and O–H groups in total. The van der Waals surface area contributed by atoms with E-state index in [1.165, 1.54) is 13.8 Å². The number of allylic oxidation sites excluding steroid dienone is 2. The Morgan fingerprint density at radius 3 is 1.78 bits per heavy atom. The summed E-state index contributed by atoms with van der Waals surface area (Å²) in [5.74, 6) is -1.24. The van der Waals surface area contributed by atoms with Crippen molar-refractivity contribution in [3.8, 4) is 0 Å². The lowest BCUT2D eigenvalue weighted by Crippen LogP contribution is -2.65. The minimum Gasteiger partial charge on any atom is -0.388 e. The number of ketones is 1. The summed E-state index contributed by atoms with van der Waals surface area (Å²) in [5, 5.41) is 99.5. The molecule has 0 aromatic heterocycles. The Labute approximate surface area is 377 Å². The van der Waals surface area contributed by atoms with Crippen LogP contribution in [-0.4, -0.2) is 162 Å². The van der Waals surface area contributed by atoms with Gasteiger partial charge in [0.2, 0.25) is 0 Å². The quantitative estimate of drug-likeness (QED) is 0.107. The highest BCUT2D eigenvalue weighted by atomic mass is 16.8. The molecule has 17 unspecified atom stereocenters. The van der Waals surface area contributed by atoms with Gasteiger partial charge in [0.25, 0.3) is 0 Å². The number of carbonyl (C=O) groups excluding carboxylic acids is 1. The second kappa shape index (κ2) is 21.4. The molecule has 0 radical (unpaired) electrons. The molecule has 0 amide bonds. The topological polar surface area (TPSA) is 255 Å². The zero-order valence-corrected chi connectivity index (χ0v) is 39.1. The predicted octanol–water partition coefficient (Wildman–Crippen LogP) is 2.55. The molecule has 5 fully saturated rings. The van der Waals surface area contributed by atoms with Crippen molar-refractivity contribution in [1.29, 1.82) is 0 Å². The Hall–Kier alpha value is -2.23. The first-order valence-electron chi connectivity index (χ1n) is 22.8. The molecule has 16 nitrogen and oxygen atoms in total. The van der Waals surface area contributed by atoms with E-state index in [1.807, 2.05) is 59.8 Å². The van der Waals surface area contributed by atoms with E-state index >= 15 is 0 Å². The minimum atomic E-state index is -1.75. The Bertz CT molecular complexity index is 1750. The molecule has 0 aromatic carbocycles. The van der Waals surface area contributed by atoms with Gasteiger partial charge in [-0.2, -0.15) is 0 Å². The number of aliphatic hydroxyl groups excluding tert-OH is 8. The Balaban J connectivity index is 1.30. The maximum Gasteiger partial charge on any atom is 0.187 e. The van der Waals surface area contributed by atoms with Crippen LogP contribution in [0.3, 0.4) is 0 Å². The first kappa shape index (κ1) is 52.7. The number of Topliss-reactive ketones (excluding diaryl/α,β-unsaturated/α-hetero) is 1. The Kier molecular flexibility index (Phi) is 17.6. The number of ether oxygens (including phenoxy) is 6. The van der Waals surface area contributed by atoms with Crippen LogP contribution in [0.5, 0.6) is 0 Å². The van der Waals surface area contributed by atoms with E-state index in [9.17, 15) is 50.8 Å². The second-order valence-electron chi connectivity index (χ2n) is 19.7. The van der Waals surface area contributed by atoms with Gasteiger partial charge >= 0.3 is 0 Å². The normalized spacial score (nSPS) is 44.3. The van der Waals surface area contributed by atoms with E-state index < -0.39 is 121 Å². The lowest BCUT2D eigenvalue weighted by Gasteiger charge is -2.49. The molecule has 21 atom stereocenters. The summed E-state index contributed by atoms with van der Waals surface area (Å²) in [5.41, 5.74) is 1.54. The zero-order chi connectivity index (χ0) is 47.7. The molecule has 3 saturated heterocycles. The number of hydrogen-bond donors (Lipinski definition) is 9. The van der Waals surface area contributed by atoms with E-state index in [0.29, 0.717) is 36.0 Å². The average Bonchev–Trinajstić information content (AvgIpc) is 3.65. The predicted molar refractivity (Wildman–Crippen MR) is 234 cm³/mol. The molecule has 2 aliphatic carbocycles. The molecule has 64 heavy (non-hydrogen) atoms. The molecule has 5 rings (SSSR count). The van der Waals surface area contributed by atoms with E-state index in [4.69, 9.17) is 28.4 Å². The number of carbonyl (C=O) groups is 1. The van der Waals surface area contributed by atoms with Crippen molar-refractivity contribution in [2.24, 2.45) is 17.3 Å². The third-order valence-electron chi connectivity index (χ3n) is 14.2. The number of hydrogen-bond acceptors (Lipinski definition) is 16. The highest BCUT2D eigenvalue weighted by Crippen LogP contribution is 2.58. The molecule has 0 bridgehead atoms. The Morgan fingerprint density at radius 1 is 0.719 bits per heavy atom. The van der Waals surface area contributed by atoms with Crippen molar-refractivity contribution in [2.45, 2.75) is 218 Å². The first-order chi connectivity index (χ1) is 29.8. The van der Waals surface area contributed by atoms with Crippen molar-refractivity contribution in [3.63, 3.8) is 0 Å². The van der Waals surface area contributed by atoms with Gasteiger partial charge in [-0.3, -0.25) is 4.79 Å². The molecular weight excluding hydrogens is 833 g/mol. The summed E-state index contributed by atoms with van der Waals surface area (Å²) in [6.07, 6.45) is -12.2. The van der Waals surface area contributed by atoms with Crippen LogP contribution in [0.25, 0.3) is 0 Å². The van der Waals surface area contributed by atoms with Gasteiger partial charge in [0.05, 0.1) is 36.4 Å². The lowest BCUT2D eigenvalue weighted by molar-refractivity contribution is -0.373. The summed E-state index contributed by atoms with van der Waals surface area (Å²) >= 11 is 0. The van der Waals surface area contributed by atoms with Crippen LogP contribution in [0.15, 0.2) is 58.7 Å². The van der Waals surface area contributed by atoms with Crippen LogP contribution < -0.4 is 0 Å². The van der Waals surface area contributed by atoms with Crippen LogP contribution in [0, 0.1) is 17.3 Å². The second-order valence-corrected chi connectivity index (χ2v) is 19.7. The van der Waals surface area contributed by atoms with E-state index in [2.05, 4.69) is 6.58 Å². The largest absolute Gasteiger partial charge is 0.388 e. The standard InChI is InChI=1S/C48H76O16/c1-22(2)14-16-32(49)25(6)21-31-43(57)47(11)19-12-13-30(47)26(7)48(31,58)20-18-24(5)33(17-15-23(3)4)62-44-39(55)36(52)41(28(9)60-44)64-46-40(56)37(53)42(29(10)61-46)63-45-38(54)35(51)34(50)27(8)59-45/h14-15,18,21,27-42,44-46,49-56,58H,7,12-13,16-17,19-20H2,1-6,8-11H3/b24-18+,25-21+/t27?,28?,29?,30-,31-,32?,33?,34?,35?,36?,37?,38?,39?,40?,41?,42?,44?,45?,46?,47-,48+/m0/s1. The van der Waals surface area contributed by atoms with Gasteiger partial charge in [0.15, 0.2) is 18.9 Å². The third-order valence-corrected chi connectivity index (χ3v) is 14.2. The SMILES string of the molecule is C=C1[C@@H]2CCC[C@]2(C)C(=O)[C@H](/C=C(\C)C(O)CC=C(C)C)[C@@]1(O)C/C=C(\C)C(CC=C(C)C)OC1OC(C)C(OC2OC(C)C(OC3OC(C)C(O)C(O)C3O)C(O)C2O)C(O)C1O. The molecular formula is C48H76O16. The fraction of sp³-hybridized carbons (Fsp3) is 0.771. The van der Waals surface area contributed by atoms with Crippen LogP contribution >= 0.6 is 0 Å². The summed E-state index contributed by atoms with van der Waals surface area (Å²) in [7, 11) is 0. The van der Waals surface area contributed by atoms with Crippen molar-refractivity contribution in [3.05, 3.63) is 58.7 Å². The number of rotatable bonds is 15. The van der Waals surface area contributed by atoms with Crippen molar-refractivity contribution < 1.29 is 79.2 Å². The molecule has 5 aliphatic rings. The zero-order valence-electron chi connectivity index (χ0n) is 39.1. The van der Waals surface area contributed by atoms with Gasteiger partial charge in [-0.05, 0) is 117 Å². The van der Waals surface area contributed by atoms with Crippen molar-refractivity contribution in [1.82, 2.24) is 0 Å². The fourth-order valence-electron chi connectivity index (χ4n) is 9.82. The maximum atomic E-state index is 14.4. The molecule has 2 saturated carbocycles. The van der Waals surface area contributed by atoms with Crippen LogP contribution in [0.1, 0.15) is 108 Å². The third kappa shape index (κ3) is 11.0. The summed E-state index contributed by atoms with van der Waals surface area (Å²) < 4.78 is 35.6. The highest BCUT2D eigenvalue weighted by molar-refractivity contribution is 5.92. The molecule has 16 heteroatoms. The monoisotopic (exact) mass is 909 g/mol. The van der Waals surface area contributed by atoms with Crippen LogP contribution in [0.4, 0.5) is 0 Å². The van der Waals surface area contributed by atoms with Gasteiger partial charge in [0, 0.05) is 5.41 Å². The molecule has 0 spiro atoms. The van der Waals surface area contributed by atoms with Crippen LogP contribution in [0.2, 0.25) is 0 Å². The summed E-state index contributed by atoms with van der Waals surface area (Å²) in [6.45, 7) is 22.3. The van der Waals surface area contributed by atoms with Gasteiger partial charge in [-0.1, -0.05) is 55.4 Å². The van der Waals surface area contributed by atoms with Gasteiger partial charge in [-0.15, -0.1) is 0 Å². The van der Waals surface area contributed by atoms with Crippen molar-refractivity contribution in [2.75, 3.05) is 0 Å². The van der Waals surface area contributed by atoms with Crippen molar-refractivity contribution >= 4 is 5.78 Å². The average molecular weight is 909 g/mol. The smallest absolute Gasteiger partial charge is 0.187 e. The lowest BCUT2D eigenvalue weighted by atomic mass is 9.55. The number of aliphatic hydroxyl groups is 9. The first-order valence-corrected chi connectivity index (χ1v) is 22.8.